The first-order chi connectivity index (χ1) is 9.51. The third kappa shape index (κ3) is 3.29. The van der Waals surface area contributed by atoms with E-state index in [0.29, 0.717) is 10.1 Å². The number of hydrogen-bond acceptors (Lipinski definition) is 3. The van der Waals surface area contributed by atoms with Crippen molar-refractivity contribution in [2.75, 3.05) is 19.7 Å². The average Bonchev–Trinajstić information content (AvgIpc) is 2.79. The molecule has 0 saturated carbocycles. The number of nitrogens with zero attached hydrogens (tertiary/aromatic N) is 1. The molecule has 0 aliphatic heterocycles. The van der Waals surface area contributed by atoms with Gasteiger partial charge in [0.1, 0.15) is 5.82 Å². The maximum atomic E-state index is 13.1. The van der Waals surface area contributed by atoms with Gasteiger partial charge in [-0.05, 0) is 23.6 Å². The van der Waals surface area contributed by atoms with Gasteiger partial charge >= 0.3 is 0 Å². The molecule has 108 valence electrons. The first-order valence-corrected chi connectivity index (χ1v) is 6.70. The van der Waals surface area contributed by atoms with Crippen LogP contribution in [0.5, 0.6) is 0 Å². The molecule has 20 heavy (non-hydrogen) atoms. The maximum Gasteiger partial charge on any atom is 0.264 e. The fourth-order valence-electron chi connectivity index (χ4n) is 1.83. The summed E-state index contributed by atoms with van der Waals surface area (Å²) in [6.07, 6.45) is -2.67. The van der Waals surface area contributed by atoms with Crippen LogP contribution in [0, 0.1) is 5.82 Å². The second-order valence-corrected chi connectivity index (χ2v) is 5.24. The number of alkyl halides is 2. The summed E-state index contributed by atoms with van der Waals surface area (Å²) in [5, 5.41) is 9.52. The Hall–Kier alpha value is -1.60. The number of halogens is 3. The van der Waals surface area contributed by atoms with Crippen molar-refractivity contribution in [2.45, 2.75) is 6.43 Å². The first kappa shape index (κ1) is 14.8. The summed E-state index contributed by atoms with van der Waals surface area (Å²) < 4.78 is 38.5. The van der Waals surface area contributed by atoms with E-state index in [-0.39, 0.29) is 11.4 Å². The molecule has 0 aliphatic rings. The minimum atomic E-state index is -2.67. The number of amides is 1. The topological polar surface area (TPSA) is 40.5 Å². The molecule has 0 spiro atoms. The zero-order valence-electron chi connectivity index (χ0n) is 10.4. The number of carbonyl (C=O) groups excluding carboxylic acids is 1. The zero-order chi connectivity index (χ0) is 14.7. The highest BCUT2D eigenvalue weighted by atomic mass is 32.1. The fourth-order valence-corrected chi connectivity index (χ4v) is 2.88. The van der Waals surface area contributed by atoms with Gasteiger partial charge in [-0.3, -0.25) is 4.79 Å². The molecule has 7 heteroatoms. The summed E-state index contributed by atoms with van der Waals surface area (Å²) in [4.78, 5) is 13.3. The third-order valence-electron chi connectivity index (χ3n) is 2.71. The van der Waals surface area contributed by atoms with E-state index in [1.807, 2.05) is 0 Å². The molecule has 0 atom stereocenters. The van der Waals surface area contributed by atoms with Crippen LogP contribution in [0.15, 0.2) is 24.3 Å². The van der Waals surface area contributed by atoms with Gasteiger partial charge in [-0.1, -0.05) is 6.07 Å². The zero-order valence-corrected chi connectivity index (χ0v) is 11.2. The van der Waals surface area contributed by atoms with Gasteiger partial charge < -0.3 is 10.0 Å². The van der Waals surface area contributed by atoms with Crippen LogP contribution >= 0.6 is 11.3 Å². The summed E-state index contributed by atoms with van der Waals surface area (Å²) in [6.45, 7) is -1.29. The third-order valence-corrected chi connectivity index (χ3v) is 3.79. The van der Waals surface area contributed by atoms with Crippen LogP contribution in [0.2, 0.25) is 0 Å². The second-order valence-electron chi connectivity index (χ2n) is 4.16. The van der Waals surface area contributed by atoms with Crippen molar-refractivity contribution in [1.82, 2.24) is 4.90 Å². The Morgan fingerprint density at radius 2 is 2.10 bits per heavy atom. The Morgan fingerprint density at radius 1 is 1.35 bits per heavy atom. The van der Waals surface area contributed by atoms with E-state index in [4.69, 9.17) is 5.11 Å². The summed E-state index contributed by atoms with van der Waals surface area (Å²) in [6, 6.07) is 5.63. The molecule has 1 heterocycles. The average molecular weight is 303 g/mol. The van der Waals surface area contributed by atoms with Crippen molar-refractivity contribution in [3.63, 3.8) is 0 Å². The number of rotatable bonds is 5. The van der Waals surface area contributed by atoms with Crippen LogP contribution in [0.3, 0.4) is 0 Å². The van der Waals surface area contributed by atoms with E-state index >= 15 is 0 Å². The molecule has 2 aromatic rings. The standard InChI is InChI=1S/C13H12F3NO2S/c14-9-2-1-8-5-11(20-10(8)6-9)13(19)17(3-4-18)7-12(15)16/h1-2,5-6,12,18H,3-4,7H2. The first-order valence-electron chi connectivity index (χ1n) is 5.88. The number of fused-ring (bicyclic) bond motifs is 1. The van der Waals surface area contributed by atoms with E-state index in [2.05, 4.69) is 0 Å². The molecule has 3 nitrogen and oxygen atoms in total. The van der Waals surface area contributed by atoms with Crippen molar-refractivity contribution in [3.05, 3.63) is 35.0 Å². The largest absolute Gasteiger partial charge is 0.395 e. The maximum absolute atomic E-state index is 13.1. The normalized spacial score (nSPS) is 11.2. The van der Waals surface area contributed by atoms with Crippen LogP contribution in [0.1, 0.15) is 9.67 Å². The highest BCUT2D eigenvalue weighted by Crippen LogP contribution is 2.27. The van der Waals surface area contributed by atoms with Gasteiger partial charge in [-0.25, -0.2) is 13.2 Å². The number of aliphatic hydroxyl groups is 1. The number of carbonyl (C=O) groups is 1. The minimum Gasteiger partial charge on any atom is -0.395 e. The minimum absolute atomic E-state index is 0.161. The number of hydrogen-bond donors (Lipinski definition) is 1. The summed E-state index contributed by atoms with van der Waals surface area (Å²) >= 11 is 1.04. The van der Waals surface area contributed by atoms with Crippen LogP contribution in [0.4, 0.5) is 13.2 Å². The Labute approximate surface area is 117 Å². The molecule has 0 aliphatic carbocycles. The monoisotopic (exact) mass is 303 g/mol. The van der Waals surface area contributed by atoms with Gasteiger partial charge in [0, 0.05) is 11.2 Å². The smallest absolute Gasteiger partial charge is 0.264 e. The quantitative estimate of drug-likeness (QED) is 0.922. The van der Waals surface area contributed by atoms with Crippen LogP contribution < -0.4 is 0 Å². The van der Waals surface area contributed by atoms with Gasteiger partial charge in [0.2, 0.25) is 0 Å². The second kappa shape index (κ2) is 6.23. The molecule has 2 rings (SSSR count). The predicted octanol–water partition coefficient (Wildman–Crippen LogP) is 2.74. The van der Waals surface area contributed by atoms with Crippen molar-refractivity contribution in [3.8, 4) is 0 Å². The lowest BCUT2D eigenvalue weighted by Gasteiger charge is -2.20. The Morgan fingerprint density at radius 3 is 2.75 bits per heavy atom. The van der Waals surface area contributed by atoms with Gasteiger partial charge in [-0.2, -0.15) is 0 Å². The molecule has 0 bridgehead atoms. The molecule has 0 radical (unpaired) electrons. The Kier molecular flexibility index (Phi) is 4.61. The predicted molar refractivity (Wildman–Crippen MR) is 70.8 cm³/mol. The number of benzene rings is 1. The molecular weight excluding hydrogens is 291 g/mol. The van der Waals surface area contributed by atoms with E-state index in [0.717, 1.165) is 16.2 Å². The van der Waals surface area contributed by atoms with E-state index < -0.39 is 31.3 Å². The van der Waals surface area contributed by atoms with Crippen LogP contribution in [-0.2, 0) is 0 Å². The van der Waals surface area contributed by atoms with Crippen molar-refractivity contribution in [1.29, 1.82) is 0 Å². The molecule has 1 aromatic heterocycles. The molecule has 0 fully saturated rings. The highest BCUT2D eigenvalue weighted by Gasteiger charge is 2.21. The number of aliphatic hydroxyl groups excluding tert-OH is 1. The van der Waals surface area contributed by atoms with Crippen molar-refractivity contribution < 1.29 is 23.1 Å². The SMILES string of the molecule is O=C(c1cc2ccc(F)cc2s1)N(CCO)CC(F)F. The summed E-state index contributed by atoms with van der Waals surface area (Å²) in [7, 11) is 0. The van der Waals surface area contributed by atoms with Gasteiger partial charge in [0.05, 0.1) is 18.0 Å². The fraction of sp³-hybridized carbons (Fsp3) is 0.308. The Balaban J connectivity index is 2.28. The van der Waals surface area contributed by atoms with E-state index in [1.165, 1.54) is 24.3 Å². The van der Waals surface area contributed by atoms with Crippen molar-refractivity contribution in [2.24, 2.45) is 0 Å². The van der Waals surface area contributed by atoms with Crippen LogP contribution in [0.25, 0.3) is 10.1 Å². The summed E-state index contributed by atoms with van der Waals surface area (Å²) in [5.41, 5.74) is 0. The van der Waals surface area contributed by atoms with Crippen molar-refractivity contribution >= 4 is 27.3 Å². The van der Waals surface area contributed by atoms with Gasteiger partial charge in [-0.15, -0.1) is 11.3 Å². The van der Waals surface area contributed by atoms with Crippen LogP contribution in [-0.4, -0.2) is 42.0 Å². The lowest BCUT2D eigenvalue weighted by Crippen LogP contribution is -2.36. The highest BCUT2D eigenvalue weighted by molar-refractivity contribution is 7.20. The lowest BCUT2D eigenvalue weighted by atomic mass is 10.2. The summed E-state index contributed by atoms with van der Waals surface area (Å²) in [5.74, 6) is -1.00. The number of thiophene rings is 1. The molecule has 1 aromatic carbocycles. The van der Waals surface area contributed by atoms with Gasteiger partial charge in [0.25, 0.3) is 12.3 Å². The Bertz CT molecular complexity index is 615. The molecular formula is C13H12F3NO2S. The van der Waals surface area contributed by atoms with Gasteiger partial charge in [0.15, 0.2) is 0 Å². The van der Waals surface area contributed by atoms with E-state index in [1.54, 1.807) is 0 Å². The lowest BCUT2D eigenvalue weighted by molar-refractivity contribution is 0.0513. The molecule has 1 amide bonds. The molecule has 1 N–H and O–H groups in total. The molecule has 0 unspecified atom stereocenters. The van der Waals surface area contributed by atoms with E-state index in [9.17, 15) is 18.0 Å². The molecule has 0 saturated heterocycles.